The van der Waals surface area contributed by atoms with Crippen molar-refractivity contribution in [2.75, 3.05) is 17.6 Å². The van der Waals surface area contributed by atoms with Gasteiger partial charge < -0.3 is 5.32 Å². The van der Waals surface area contributed by atoms with E-state index in [4.69, 9.17) is 11.6 Å². The van der Waals surface area contributed by atoms with Crippen molar-refractivity contribution in [1.82, 2.24) is 4.31 Å². The van der Waals surface area contributed by atoms with Crippen molar-refractivity contribution in [1.29, 1.82) is 0 Å². The number of carbonyl (C=O) groups excluding carboxylic acids is 2. The summed E-state index contributed by atoms with van der Waals surface area (Å²) in [5.74, 6) is -0.500. The predicted octanol–water partition coefficient (Wildman–Crippen LogP) is 2.69. The minimum Gasteiger partial charge on any atom is -0.325 e. The van der Waals surface area contributed by atoms with Gasteiger partial charge in [-0.05, 0) is 44.4 Å². The van der Waals surface area contributed by atoms with Gasteiger partial charge >= 0.3 is 0 Å². The minimum atomic E-state index is -3.42. The van der Waals surface area contributed by atoms with Gasteiger partial charge in [-0.15, -0.1) is 0 Å². The fourth-order valence-electron chi connectivity index (χ4n) is 2.81. The zero-order valence-corrected chi connectivity index (χ0v) is 15.3. The smallest absolute Gasteiger partial charge is 0.242 e. The van der Waals surface area contributed by atoms with Crippen molar-refractivity contribution in [2.45, 2.75) is 39.2 Å². The molecule has 1 fully saturated rings. The van der Waals surface area contributed by atoms with Crippen LogP contribution < -0.4 is 5.32 Å². The average Bonchev–Trinajstić information content (AvgIpc) is 2.97. The van der Waals surface area contributed by atoms with Crippen LogP contribution in [0.1, 0.15) is 43.5 Å². The highest BCUT2D eigenvalue weighted by atomic mass is 35.5. The molecule has 1 aliphatic heterocycles. The summed E-state index contributed by atoms with van der Waals surface area (Å²) < 4.78 is 25.8. The molecule has 1 atom stereocenters. The highest BCUT2D eigenvalue weighted by Gasteiger charge is 2.38. The van der Waals surface area contributed by atoms with Gasteiger partial charge in [0, 0.05) is 17.8 Å². The molecule has 1 aromatic rings. The maximum Gasteiger partial charge on any atom is 0.242 e. The fraction of sp³-hybridized carbons (Fsp3) is 0.500. The van der Waals surface area contributed by atoms with E-state index >= 15 is 0 Å². The Hall–Kier alpha value is -1.44. The molecule has 0 aliphatic carbocycles. The van der Waals surface area contributed by atoms with Crippen LogP contribution in [0.5, 0.6) is 0 Å². The number of benzene rings is 1. The number of nitrogens with one attached hydrogen (secondary N) is 1. The van der Waals surface area contributed by atoms with E-state index in [9.17, 15) is 18.0 Å². The Morgan fingerprint density at radius 3 is 2.67 bits per heavy atom. The first-order valence-electron chi connectivity index (χ1n) is 7.87. The van der Waals surface area contributed by atoms with Gasteiger partial charge in [-0.25, -0.2) is 8.42 Å². The van der Waals surface area contributed by atoms with E-state index in [0.717, 1.165) is 0 Å². The molecule has 0 saturated carbocycles. The van der Waals surface area contributed by atoms with Crippen molar-refractivity contribution in [3.63, 3.8) is 0 Å². The van der Waals surface area contributed by atoms with Gasteiger partial charge in [-0.3, -0.25) is 9.59 Å². The molecule has 1 aromatic carbocycles. The van der Waals surface area contributed by atoms with Gasteiger partial charge in [-0.2, -0.15) is 4.31 Å². The average molecular weight is 373 g/mol. The standard InChI is InChI=1S/C16H21ClN2O4S/c1-3-9-24(22,23)19-8-4-5-15(19)16(21)18-12-6-7-13(11(2)20)14(17)10-12/h6-7,10,15H,3-5,8-9H2,1-2H3,(H,18,21). The first kappa shape index (κ1) is 18.9. The van der Waals surface area contributed by atoms with Crippen molar-refractivity contribution in [2.24, 2.45) is 0 Å². The highest BCUT2D eigenvalue weighted by Crippen LogP contribution is 2.25. The lowest BCUT2D eigenvalue weighted by molar-refractivity contribution is -0.119. The predicted molar refractivity (Wildman–Crippen MR) is 93.9 cm³/mol. The largest absolute Gasteiger partial charge is 0.325 e. The summed E-state index contributed by atoms with van der Waals surface area (Å²) in [5, 5.41) is 2.95. The second-order valence-corrected chi connectivity index (χ2v) is 8.27. The molecule has 0 aromatic heterocycles. The van der Waals surface area contributed by atoms with Crippen LogP contribution in [0.25, 0.3) is 0 Å². The molecule has 1 aliphatic rings. The number of hydrogen-bond acceptors (Lipinski definition) is 4. The summed E-state index contributed by atoms with van der Waals surface area (Å²) in [6.45, 7) is 3.57. The van der Waals surface area contributed by atoms with Crippen molar-refractivity contribution in [3.8, 4) is 0 Å². The quantitative estimate of drug-likeness (QED) is 0.778. The summed E-state index contributed by atoms with van der Waals surface area (Å²) in [7, 11) is -3.42. The maximum atomic E-state index is 12.5. The summed E-state index contributed by atoms with van der Waals surface area (Å²) in [6.07, 6.45) is 1.66. The topological polar surface area (TPSA) is 83.6 Å². The lowest BCUT2D eigenvalue weighted by Crippen LogP contribution is -2.44. The van der Waals surface area contributed by atoms with Gasteiger partial charge in [0.25, 0.3) is 0 Å². The van der Waals surface area contributed by atoms with Gasteiger partial charge in [-0.1, -0.05) is 18.5 Å². The number of rotatable bonds is 6. The van der Waals surface area contributed by atoms with Crippen molar-refractivity contribution >= 4 is 39.0 Å². The van der Waals surface area contributed by atoms with Gasteiger partial charge in [0.2, 0.25) is 15.9 Å². The zero-order chi connectivity index (χ0) is 17.9. The molecule has 0 bridgehead atoms. The molecule has 2 rings (SSSR count). The van der Waals surface area contributed by atoms with E-state index in [0.29, 0.717) is 37.1 Å². The third-order valence-electron chi connectivity index (χ3n) is 3.94. The van der Waals surface area contributed by atoms with Crippen molar-refractivity contribution in [3.05, 3.63) is 28.8 Å². The van der Waals surface area contributed by atoms with E-state index in [-0.39, 0.29) is 22.5 Å². The number of sulfonamides is 1. The Morgan fingerprint density at radius 1 is 1.38 bits per heavy atom. The molecule has 8 heteroatoms. The van der Waals surface area contributed by atoms with Gasteiger partial charge in [0.15, 0.2) is 5.78 Å². The monoisotopic (exact) mass is 372 g/mol. The van der Waals surface area contributed by atoms with Crippen LogP contribution in [0.3, 0.4) is 0 Å². The molecule has 1 unspecified atom stereocenters. The molecule has 6 nitrogen and oxygen atoms in total. The normalized spacial score (nSPS) is 18.5. The zero-order valence-electron chi connectivity index (χ0n) is 13.7. The SMILES string of the molecule is CCCS(=O)(=O)N1CCCC1C(=O)Nc1ccc(C(C)=O)c(Cl)c1. The molecular formula is C16H21ClN2O4S. The molecule has 132 valence electrons. The number of amides is 1. The maximum absolute atomic E-state index is 12.5. The van der Waals surface area contributed by atoms with E-state index < -0.39 is 16.1 Å². The van der Waals surface area contributed by atoms with Crippen LogP contribution in [0.4, 0.5) is 5.69 Å². The Labute approximate surface area is 147 Å². The number of nitrogens with zero attached hydrogens (tertiary/aromatic N) is 1. The Balaban J connectivity index is 2.14. The lowest BCUT2D eigenvalue weighted by atomic mass is 10.1. The van der Waals surface area contributed by atoms with Crippen molar-refractivity contribution < 1.29 is 18.0 Å². The molecule has 24 heavy (non-hydrogen) atoms. The molecule has 1 amide bonds. The first-order valence-corrected chi connectivity index (χ1v) is 9.86. The molecule has 1 heterocycles. The number of Topliss-reactive ketones (excluding diaryl/α,β-unsaturated/α-hetero) is 1. The van der Waals surface area contributed by atoms with Crippen LogP contribution in [0.15, 0.2) is 18.2 Å². The van der Waals surface area contributed by atoms with E-state index in [1.165, 1.54) is 17.3 Å². The first-order chi connectivity index (χ1) is 11.3. The third-order valence-corrected chi connectivity index (χ3v) is 6.33. The molecule has 1 N–H and O–H groups in total. The number of hydrogen-bond donors (Lipinski definition) is 1. The molecule has 1 saturated heterocycles. The number of ketones is 1. The summed E-state index contributed by atoms with van der Waals surface area (Å²) in [6, 6.07) is 3.92. The Kier molecular flexibility index (Phi) is 6.01. The Bertz CT molecular complexity index is 748. The molecule has 0 radical (unpaired) electrons. The van der Waals surface area contributed by atoms with Gasteiger partial charge in [0.05, 0.1) is 10.8 Å². The van der Waals surface area contributed by atoms with Crippen LogP contribution in [-0.2, 0) is 14.8 Å². The highest BCUT2D eigenvalue weighted by molar-refractivity contribution is 7.89. The van der Waals surface area contributed by atoms with E-state index in [1.807, 2.05) is 0 Å². The second-order valence-electron chi connectivity index (χ2n) is 5.82. The number of halogens is 1. The Morgan fingerprint density at radius 2 is 2.08 bits per heavy atom. The minimum absolute atomic E-state index is 0.0376. The van der Waals surface area contributed by atoms with Crippen LogP contribution in [0, 0.1) is 0 Å². The van der Waals surface area contributed by atoms with Crippen LogP contribution in [-0.4, -0.2) is 42.8 Å². The van der Waals surface area contributed by atoms with Crippen LogP contribution >= 0.6 is 11.6 Å². The van der Waals surface area contributed by atoms with Gasteiger partial charge in [0.1, 0.15) is 6.04 Å². The molecule has 0 spiro atoms. The number of anilines is 1. The van der Waals surface area contributed by atoms with E-state index in [1.54, 1.807) is 19.1 Å². The van der Waals surface area contributed by atoms with Crippen LogP contribution in [0.2, 0.25) is 5.02 Å². The van der Waals surface area contributed by atoms with E-state index in [2.05, 4.69) is 5.32 Å². The molecular weight excluding hydrogens is 352 g/mol. The summed E-state index contributed by atoms with van der Waals surface area (Å²) >= 11 is 6.03. The second kappa shape index (κ2) is 7.63. The fourth-order valence-corrected chi connectivity index (χ4v) is 4.87. The summed E-state index contributed by atoms with van der Waals surface area (Å²) in [5.41, 5.74) is 0.817. The lowest BCUT2D eigenvalue weighted by Gasteiger charge is -2.23. The summed E-state index contributed by atoms with van der Waals surface area (Å²) in [4.78, 5) is 23.9. The number of carbonyl (C=O) groups is 2. The third kappa shape index (κ3) is 4.15.